The van der Waals surface area contributed by atoms with Gasteiger partial charge in [0.1, 0.15) is 5.82 Å². The quantitative estimate of drug-likeness (QED) is 0.862. The third-order valence-electron chi connectivity index (χ3n) is 3.84. The van der Waals surface area contributed by atoms with Gasteiger partial charge in [-0.2, -0.15) is 0 Å². The van der Waals surface area contributed by atoms with Crippen LogP contribution in [0.3, 0.4) is 0 Å². The molecule has 3 atom stereocenters. The van der Waals surface area contributed by atoms with Crippen molar-refractivity contribution in [2.75, 3.05) is 6.54 Å². The van der Waals surface area contributed by atoms with Crippen molar-refractivity contribution in [3.8, 4) is 0 Å². The molecule has 1 aromatic carbocycles. The zero-order chi connectivity index (χ0) is 13.0. The predicted molar refractivity (Wildman–Crippen MR) is 70.8 cm³/mol. The van der Waals surface area contributed by atoms with Crippen molar-refractivity contribution < 1.29 is 9.50 Å². The molecule has 18 heavy (non-hydrogen) atoms. The molecule has 1 saturated carbocycles. The van der Waals surface area contributed by atoms with Gasteiger partial charge in [0.25, 0.3) is 0 Å². The number of rotatable bonds is 4. The van der Waals surface area contributed by atoms with Gasteiger partial charge in [-0.3, -0.25) is 0 Å². The molecule has 2 rings (SSSR count). The molecule has 0 heterocycles. The van der Waals surface area contributed by atoms with Crippen LogP contribution < -0.4 is 5.32 Å². The zero-order valence-electron chi connectivity index (χ0n) is 10.9. The molecule has 1 aliphatic rings. The van der Waals surface area contributed by atoms with Gasteiger partial charge in [0, 0.05) is 6.04 Å². The Hall–Kier alpha value is -0.930. The summed E-state index contributed by atoms with van der Waals surface area (Å²) in [7, 11) is 0. The van der Waals surface area contributed by atoms with E-state index >= 15 is 0 Å². The van der Waals surface area contributed by atoms with Gasteiger partial charge in [-0.05, 0) is 56.3 Å². The van der Waals surface area contributed by atoms with Gasteiger partial charge in [0.15, 0.2) is 0 Å². The Balaban J connectivity index is 1.80. The van der Waals surface area contributed by atoms with Gasteiger partial charge in [-0.1, -0.05) is 18.6 Å². The average Bonchev–Trinajstić information content (AvgIpc) is 2.37. The van der Waals surface area contributed by atoms with E-state index in [1.54, 1.807) is 0 Å². The van der Waals surface area contributed by atoms with Gasteiger partial charge in [-0.25, -0.2) is 4.39 Å². The summed E-state index contributed by atoms with van der Waals surface area (Å²) in [5.74, 6) is 0.373. The predicted octanol–water partition coefficient (Wildman–Crippen LogP) is 3.03. The fourth-order valence-corrected chi connectivity index (χ4v) is 2.66. The largest absolute Gasteiger partial charge is 0.393 e. The van der Waals surface area contributed by atoms with E-state index in [9.17, 15) is 9.50 Å². The van der Waals surface area contributed by atoms with Crippen LogP contribution in [0.25, 0.3) is 0 Å². The summed E-state index contributed by atoms with van der Waals surface area (Å²) >= 11 is 0. The highest BCUT2D eigenvalue weighted by Gasteiger charge is 2.20. The van der Waals surface area contributed by atoms with Crippen molar-refractivity contribution in [3.63, 3.8) is 0 Å². The van der Waals surface area contributed by atoms with Crippen molar-refractivity contribution in [2.24, 2.45) is 5.92 Å². The number of hydrogen-bond acceptors (Lipinski definition) is 2. The lowest BCUT2D eigenvalue weighted by atomic mass is 9.87. The van der Waals surface area contributed by atoms with Gasteiger partial charge in [0.2, 0.25) is 0 Å². The van der Waals surface area contributed by atoms with Crippen LogP contribution in [-0.2, 0) is 0 Å². The summed E-state index contributed by atoms with van der Waals surface area (Å²) in [6.45, 7) is 3.02. The summed E-state index contributed by atoms with van der Waals surface area (Å²) in [5.41, 5.74) is 1.10. The highest BCUT2D eigenvalue weighted by Crippen LogP contribution is 2.24. The molecule has 0 aromatic heterocycles. The topological polar surface area (TPSA) is 32.3 Å². The maximum absolute atomic E-state index is 12.8. The minimum atomic E-state index is -0.193. The molecule has 0 spiro atoms. The summed E-state index contributed by atoms with van der Waals surface area (Å²) in [4.78, 5) is 0. The van der Waals surface area contributed by atoms with E-state index in [0.29, 0.717) is 5.92 Å². The minimum absolute atomic E-state index is 0.119. The lowest BCUT2D eigenvalue weighted by molar-refractivity contribution is 0.0998. The molecule has 1 aromatic rings. The minimum Gasteiger partial charge on any atom is -0.393 e. The van der Waals surface area contributed by atoms with Crippen LogP contribution in [-0.4, -0.2) is 17.8 Å². The van der Waals surface area contributed by atoms with E-state index in [1.165, 1.54) is 18.6 Å². The first kappa shape index (κ1) is 13.5. The average molecular weight is 251 g/mol. The standard InChI is InChI=1S/C15H22FNO/c1-11(13-5-7-14(16)8-6-13)17-10-12-3-2-4-15(18)9-12/h5-8,11-12,15,17-18H,2-4,9-10H2,1H3. The van der Waals surface area contributed by atoms with Gasteiger partial charge < -0.3 is 10.4 Å². The fraction of sp³-hybridized carbons (Fsp3) is 0.600. The van der Waals surface area contributed by atoms with Crippen LogP contribution in [0.4, 0.5) is 4.39 Å². The Morgan fingerprint density at radius 1 is 1.33 bits per heavy atom. The van der Waals surface area contributed by atoms with E-state index in [2.05, 4.69) is 12.2 Å². The lowest BCUT2D eigenvalue weighted by Gasteiger charge is -2.27. The Bertz CT molecular complexity index is 365. The summed E-state index contributed by atoms with van der Waals surface area (Å²) in [6, 6.07) is 6.87. The summed E-state index contributed by atoms with van der Waals surface area (Å²) < 4.78 is 12.8. The van der Waals surface area contributed by atoms with Crippen LogP contribution in [0.5, 0.6) is 0 Å². The monoisotopic (exact) mass is 251 g/mol. The molecule has 0 amide bonds. The van der Waals surface area contributed by atoms with E-state index in [0.717, 1.165) is 31.4 Å². The maximum Gasteiger partial charge on any atom is 0.123 e. The van der Waals surface area contributed by atoms with Crippen molar-refractivity contribution in [1.29, 1.82) is 0 Å². The Morgan fingerprint density at radius 3 is 2.72 bits per heavy atom. The molecule has 2 N–H and O–H groups in total. The van der Waals surface area contributed by atoms with Crippen molar-refractivity contribution >= 4 is 0 Å². The van der Waals surface area contributed by atoms with Crippen molar-refractivity contribution in [3.05, 3.63) is 35.6 Å². The van der Waals surface area contributed by atoms with Crippen LogP contribution in [0.2, 0.25) is 0 Å². The number of aliphatic hydroxyl groups excluding tert-OH is 1. The first-order chi connectivity index (χ1) is 8.65. The molecule has 0 radical (unpaired) electrons. The van der Waals surface area contributed by atoms with Crippen LogP contribution >= 0.6 is 0 Å². The first-order valence-corrected chi connectivity index (χ1v) is 6.82. The van der Waals surface area contributed by atoms with Crippen molar-refractivity contribution in [1.82, 2.24) is 5.32 Å². The molecule has 2 nitrogen and oxygen atoms in total. The summed E-state index contributed by atoms with van der Waals surface area (Å²) in [5, 5.41) is 13.1. The van der Waals surface area contributed by atoms with E-state index in [4.69, 9.17) is 0 Å². The second kappa shape index (κ2) is 6.30. The zero-order valence-corrected chi connectivity index (χ0v) is 10.9. The van der Waals surface area contributed by atoms with Gasteiger partial charge >= 0.3 is 0 Å². The lowest BCUT2D eigenvalue weighted by Crippen LogP contribution is -2.30. The van der Waals surface area contributed by atoms with Crippen molar-refractivity contribution in [2.45, 2.75) is 44.8 Å². The number of aliphatic hydroxyl groups is 1. The molecule has 1 aliphatic carbocycles. The molecule has 1 fully saturated rings. The second-order valence-corrected chi connectivity index (χ2v) is 5.37. The van der Waals surface area contributed by atoms with Gasteiger partial charge in [-0.15, -0.1) is 0 Å². The highest BCUT2D eigenvalue weighted by molar-refractivity contribution is 5.19. The van der Waals surface area contributed by atoms with Crippen LogP contribution in [0, 0.1) is 11.7 Å². The Kier molecular flexibility index (Phi) is 4.72. The SMILES string of the molecule is CC(NCC1CCCC(O)C1)c1ccc(F)cc1. The third kappa shape index (κ3) is 3.79. The van der Waals surface area contributed by atoms with Crippen LogP contribution in [0.15, 0.2) is 24.3 Å². The molecule has 0 bridgehead atoms. The Morgan fingerprint density at radius 2 is 2.06 bits per heavy atom. The smallest absolute Gasteiger partial charge is 0.123 e. The number of nitrogens with one attached hydrogen (secondary N) is 1. The molecule has 0 saturated heterocycles. The van der Waals surface area contributed by atoms with E-state index < -0.39 is 0 Å². The number of hydrogen-bond donors (Lipinski definition) is 2. The molecule has 100 valence electrons. The molecular weight excluding hydrogens is 229 g/mol. The first-order valence-electron chi connectivity index (χ1n) is 6.82. The fourth-order valence-electron chi connectivity index (χ4n) is 2.66. The highest BCUT2D eigenvalue weighted by atomic mass is 19.1. The normalized spacial score (nSPS) is 25.9. The van der Waals surface area contributed by atoms with E-state index in [-0.39, 0.29) is 18.0 Å². The molecule has 3 unspecified atom stereocenters. The Labute approximate surface area is 108 Å². The molecule has 3 heteroatoms. The third-order valence-corrected chi connectivity index (χ3v) is 3.84. The second-order valence-electron chi connectivity index (χ2n) is 5.37. The van der Waals surface area contributed by atoms with Gasteiger partial charge in [0.05, 0.1) is 6.10 Å². The summed E-state index contributed by atoms with van der Waals surface area (Å²) in [6.07, 6.45) is 4.05. The molecule has 0 aliphatic heterocycles. The molecular formula is C15H22FNO. The maximum atomic E-state index is 12.8. The van der Waals surface area contributed by atoms with Crippen LogP contribution in [0.1, 0.15) is 44.2 Å². The van der Waals surface area contributed by atoms with E-state index in [1.807, 2.05) is 12.1 Å². The number of benzene rings is 1. The number of halogens is 1.